The maximum absolute atomic E-state index is 5.29. The molecule has 1 atom stereocenters. The van der Waals surface area contributed by atoms with Crippen molar-refractivity contribution in [2.75, 3.05) is 13.7 Å². The summed E-state index contributed by atoms with van der Waals surface area (Å²) in [5.74, 6) is 5.95. The monoisotopic (exact) mass is 186 g/mol. The van der Waals surface area contributed by atoms with E-state index in [1.54, 1.807) is 7.11 Å². The van der Waals surface area contributed by atoms with Crippen LogP contribution in [0, 0.1) is 0 Å². The van der Waals surface area contributed by atoms with E-state index in [4.69, 9.17) is 10.6 Å². The van der Waals surface area contributed by atoms with Gasteiger partial charge >= 0.3 is 0 Å². The molecule has 1 aliphatic carbocycles. The third-order valence-corrected chi connectivity index (χ3v) is 1.96. The van der Waals surface area contributed by atoms with Gasteiger partial charge in [0.1, 0.15) is 0 Å². The predicted molar refractivity (Wildman–Crippen MR) is 52.3 cm³/mol. The molecule has 0 bridgehead atoms. The topological polar surface area (TPSA) is 71.7 Å². The number of hydrazine groups is 1. The van der Waals surface area contributed by atoms with Crippen LogP contribution >= 0.6 is 0 Å². The lowest BCUT2D eigenvalue weighted by atomic mass is 10.4. The Morgan fingerprint density at radius 1 is 1.69 bits per heavy atom. The minimum absolute atomic E-state index is 0.129. The van der Waals surface area contributed by atoms with Crippen LogP contribution < -0.4 is 16.6 Å². The molecule has 0 radical (unpaired) electrons. The summed E-state index contributed by atoms with van der Waals surface area (Å²) < 4.78 is 5.06. The first kappa shape index (κ1) is 10.3. The molecule has 0 aromatic rings. The number of methoxy groups -OCH3 is 1. The van der Waals surface area contributed by atoms with Gasteiger partial charge in [-0.15, -0.1) is 0 Å². The van der Waals surface area contributed by atoms with E-state index in [0.29, 0.717) is 18.5 Å². The molecular weight excluding hydrogens is 168 g/mol. The second kappa shape index (κ2) is 5.04. The number of nitrogens with two attached hydrogens (primary N) is 1. The van der Waals surface area contributed by atoms with Gasteiger partial charge in [0.2, 0.25) is 5.96 Å². The first-order valence-corrected chi connectivity index (χ1v) is 4.56. The minimum atomic E-state index is 0.129. The zero-order valence-electron chi connectivity index (χ0n) is 8.21. The maximum atomic E-state index is 5.29. The summed E-state index contributed by atoms with van der Waals surface area (Å²) in [6.07, 6.45) is 2.55. The quantitative estimate of drug-likeness (QED) is 0.242. The molecule has 0 amide bonds. The first-order valence-electron chi connectivity index (χ1n) is 4.56. The van der Waals surface area contributed by atoms with E-state index in [9.17, 15) is 0 Å². The van der Waals surface area contributed by atoms with E-state index >= 15 is 0 Å². The first-order chi connectivity index (χ1) is 6.26. The molecule has 0 saturated heterocycles. The fourth-order valence-corrected chi connectivity index (χ4v) is 0.848. The fraction of sp³-hybridized carbons (Fsp3) is 0.875. The smallest absolute Gasteiger partial charge is 0.206 e. The van der Waals surface area contributed by atoms with Crippen molar-refractivity contribution in [2.45, 2.75) is 31.9 Å². The second-order valence-electron chi connectivity index (χ2n) is 3.30. The Labute approximate surface area is 78.7 Å². The SMILES string of the molecule is COC(C)CN=C(NN)NC1CC1. The van der Waals surface area contributed by atoms with Gasteiger partial charge < -0.3 is 10.1 Å². The van der Waals surface area contributed by atoms with Crippen molar-refractivity contribution in [3.63, 3.8) is 0 Å². The minimum Gasteiger partial charge on any atom is -0.380 e. The molecule has 0 aromatic heterocycles. The zero-order chi connectivity index (χ0) is 9.68. The third kappa shape index (κ3) is 4.10. The number of hydrogen-bond donors (Lipinski definition) is 3. The summed E-state index contributed by atoms with van der Waals surface area (Å²) in [7, 11) is 1.67. The standard InChI is InChI=1S/C8H18N4O/c1-6(13-2)5-10-8(12-9)11-7-3-4-7/h6-7H,3-5,9H2,1-2H3,(H2,10,11,12). The van der Waals surface area contributed by atoms with Crippen molar-refractivity contribution in [2.24, 2.45) is 10.8 Å². The molecule has 0 aliphatic heterocycles. The molecule has 13 heavy (non-hydrogen) atoms. The van der Waals surface area contributed by atoms with Crippen LogP contribution in [0.1, 0.15) is 19.8 Å². The van der Waals surface area contributed by atoms with E-state index in [2.05, 4.69) is 15.7 Å². The van der Waals surface area contributed by atoms with Crippen LogP contribution in [0.2, 0.25) is 0 Å². The van der Waals surface area contributed by atoms with Gasteiger partial charge in [-0.05, 0) is 19.8 Å². The number of nitrogens with zero attached hydrogens (tertiary/aromatic N) is 1. The summed E-state index contributed by atoms with van der Waals surface area (Å²) >= 11 is 0. The summed E-state index contributed by atoms with van der Waals surface area (Å²) in [6.45, 7) is 2.59. The molecular formula is C8H18N4O. The normalized spacial score (nSPS) is 19.8. The van der Waals surface area contributed by atoms with Crippen LogP contribution in [0.25, 0.3) is 0 Å². The van der Waals surface area contributed by atoms with Gasteiger partial charge in [0.25, 0.3) is 0 Å². The van der Waals surface area contributed by atoms with Crippen LogP contribution in [0.5, 0.6) is 0 Å². The number of ether oxygens (including phenoxy) is 1. The van der Waals surface area contributed by atoms with Gasteiger partial charge in [-0.2, -0.15) is 0 Å². The summed E-state index contributed by atoms with van der Waals surface area (Å²) in [5, 5.41) is 3.18. The second-order valence-corrected chi connectivity index (χ2v) is 3.30. The van der Waals surface area contributed by atoms with Crippen LogP contribution in [0.3, 0.4) is 0 Å². The van der Waals surface area contributed by atoms with Crippen molar-refractivity contribution >= 4 is 5.96 Å². The lowest BCUT2D eigenvalue weighted by molar-refractivity contribution is 0.125. The van der Waals surface area contributed by atoms with Crippen LogP contribution in [-0.4, -0.2) is 31.8 Å². The van der Waals surface area contributed by atoms with Gasteiger partial charge in [-0.1, -0.05) is 0 Å². The molecule has 76 valence electrons. The van der Waals surface area contributed by atoms with Gasteiger partial charge in [0.05, 0.1) is 12.6 Å². The van der Waals surface area contributed by atoms with Crippen LogP contribution in [-0.2, 0) is 4.74 Å². The molecule has 4 N–H and O–H groups in total. The number of nitrogens with one attached hydrogen (secondary N) is 2. The van der Waals surface area contributed by atoms with Gasteiger partial charge in [0.15, 0.2) is 0 Å². The zero-order valence-corrected chi connectivity index (χ0v) is 8.21. The Morgan fingerprint density at radius 3 is 2.85 bits per heavy atom. The highest BCUT2D eigenvalue weighted by atomic mass is 16.5. The number of aliphatic imine (C=N–C) groups is 1. The predicted octanol–water partition coefficient (Wildman–Crippen LogP) is -0.407. The van der Waals surface area contributed by atoms with E-state index in [1.807, 2.05) is 6.92 Å². The molecule has 5 nitrogen and oxygen atoms in total. The molecule has 1 aliphatic rings. The van der Waals surface area contributed by atoms with Gasteiger partial charge in [0, 0.05) is 13.2 Å². The molecule has 0 spiro atoms. The third-order valence-electron chi connectivity index (χ3n) is 1.96. The summed E-state index contributed by atoms with van der Waals surface area (Å²) in [6, 6.07) is 0.563. The molecule has 1 saturated carbocycles. The van der Waals surface area contributed by atoms with Crippen molar-refractivity contribution in [1.82, 2.24) is 10.7 Å². The van der Waals surface area contributed by atoms with E-state index in [0.717, 1.165) is 0 Å². The highest BCUT2D eigenvalue weighted by Gasteiger charge is 2.21. The highest BCUT2D eigenvalue weighted by molar-refractivity contribution is 5.79. The Morgan fingerprint density at radius 2 is 2.38 bits per heavy atom. The Kier molecular flexibility index (Phi) is 3.98. The number of rotatable bonds is 4. The molecule has 0 aromatic carbocycles. The lowest BCUT2D eigenvalue weighted by Gasteiger charge is -2.10. The maximum Gasteiger partial charge on any atom is 0.206 e. The molecule has 1 rings (SSSR count). The lowest BCUT2D eigenvalue weighted by Crippen LogP contribution is -2.43. The molecule has 1 unspecified atom stereocenters. The summed E-state index contributed by atoms with van der Waals surface area (Å²) in [5.41, 5.74) is 2.54. The van der Waals surface area contributed by atoms with E-state index in [-0.39, 0.29) is 6.10 Å². The largest absolute Gasteiger partial charge is 0.380 e. The average Bonchev–Trinajstić information content (AvgIpc) is 2.95. The van der Waals surface area contributed by atoms with E-state index < -0.39 is 0 Å². The van der Waals surface area contributed by atoms with E-state index in [1.165, 1.54) is 12.8 Å². The summed E-state index contributed by atoms with van der Waals surface area (Å²) in [4.78, 5) is 4.24. The van der Waals surface area contributed by atoms with Crippen LogP contribution in [0.4, 0.5) is 0 Å². The van der Waals surface area contributed by atoms with Crippen molar-refractivity contribution in [1.29, 1.82) is 0 Å². The van der Waals surface area contributed by atoms with Gasteiger partial charge in [-0.3, -0.25) is 5.43 Å². The highest BCUT2D eigenvalue weighted by Crippen LogP contribution is 2.18. The van der Waals surface area contributed by atoms with Gasteiger partial charge in [-0.25, -0.2) is 10.8 Å². The average molecular weight is 186 g/mol. The molecule has 0 heterocycles. The molecule has 5 heteroatoms. The Hall–Kier alpha value is -0.810. The van der Waals surface area contributed by atoms with Crippen LogP contribution in [0.15, 0.2) is 4.99 Å². The molecule has 1 fully saturated rings. The number of hydrogen-bond acceptors (Lipinski definition) is 3. The Balaban J connectivity index is 2.25. The Bertz CT molecular complexity index is 179. The number of guanidine groups is 1. The fourth-order valence-electron chi connectivity index (χ4n) is 0.848. The van der Waals surface area contributed by atoms with Crippen molar-refractivity contribution in [3.8, 4) is 0 Å². The van der Waals surface area contributed by atoms with Crippen molar-refractivity contribution < 1.29 is 4.74 Å². The van der Waals surface area contributed by atoms with Crippen molar-refractivity contribution in [3.05, 3.63) is 0 Å².